The zero-order valence-corrected chi connectivity index (χ0v) is 10.4. The summed E-state index contributed by atoms with van der Waals surface area (Å²) >= 11 is 0. The molecule has 0 unspecified atom stereocenters. The van der Waals surface area contributed by atoms with Crippen molar-refractivity contribution < 1.29 is 19.4 Å². The molecule has 0 radical (unpaired) electrons. The number of rotatable bonds is 8. The van der Waals surface area contributed by atoms with Crippen molar-refractivity contribution in [1.82, 2.24) is 0 Å². The highest BCUT2D eigenvalue weighted by molar-refractivity contribution is 5.76. The van der Waals surface area contributed by atoms with E-state index in [-0.39, 0.29) is 0 Å². The monoisotopic (exact) mass is 230 g/mol. The summed E-state index contributed by atoms with van der Waals surface area (Å²) in [5, 5.41) is 8.79. The Hall–Kier alpha value is -1.06. The number of hydrogen-bond acceptors (Lipinski definition) is 3. The molecular weight excluding hydrogens is 208 g/mol. The maximum absolute atomic E-state index is 10.7. The number of unbranched alkanes of at least 4 members (excludes halogenated alkanes) is 2. The molecule has 0 heterocycles. The molecule has 0 aromatic carbocycles. The van der Waals surface area contributed by atoms with Crippen LogP contribution in [0.3, 0.4) is 0 Å². The molecule has 0 fully saturated rings. The first-order valence-electron chi connectivity index (χ1n) is 5.83. The van der Waals surface area contributed by atoms with Crippen LogP contribution in [0.4, 0.5) is 0 Å². The van der Waals surface area contributed by atoms with Gasteiger partial charge in [-0.2, -0.15) is 0 Å². The van der Waals surface area contributed by atoms with Crippen LogP contribution >= 0.6 is 0 Å². The standard InChI is InChI=1S/C12H22O4/c1-9(2)7-5-4-6-8-11(12(14)15)16-10(3)13/h9,11H,4-8H2,1-3H3,(H,14,15)/t11-/m0/s1. The number of ether oxygens (including phenoxy) is 1. The Kier molecular flexibility index (Phi) is 7.60. The van der Waals surface area contributed by atoms with Gasteiger partial charge in [-0.1, -0.05) is 33.1 Å². The van der Waals surface area contributed by atoms with Crippen molar-refractivity contribution in [3.8, 4) is 0 Å². The van der Waals surface area contributed by atoms with E-state index in [1.54, 1.807) is 0 Å². The Bertz CT molecular complexity index is 223. The summed E-state index contributed by atoms with van der Waals surface area (Å²) in [6, 6.07) is 0. The lowest BCUT2D eigenvalue weighted by Gasteiger charge is -2.12. The highest BCUT2D eigenvalue weighted by Crippen LogP contribution is 2.12. The molecule has 0 saturated heterocycles. The predicted molar refractivity (Wildman–Crippen MR) is 61.1 cm³/mol. The average molecular weight is 230 g/mol. The molecule has 1 N–H and O–H groups in total. The van der Waals surface area contributed by atoms with Gasteiger partial charge >= 0.3 is 11.9 Å². The van der Waals surface area contributed by atoms with Gasteiger partial charge in [0.15, 0.2) is 6.10 Å². The number of carbonyl (C=O) groups excluding carboxylic acids is 1. The lowest BCUT2D eigenvalue weighted by Crippen LogP contribution is -2.25. The van der Waals surface area contributed by atoms with E-state index in [0.717, 1.165) is 25.7 Å². The van der Waals surface area contributed by atoms with Crippen molar-refractivity contribution in [1.29, 1.82) is 0 Å². The van der Waals surface area contributed by atoms with E-state index < -0.39 is 18.0 Å². The second-order valence-electron chi connectivity index (χ2n) is 4.47. The topological polar surface area (TPSA) is 63.6 Å². The quantitative estimate of drug-likeness (QED) is 0.514. The van der Waals surface area contributed by atoms with Crippen molar-refractivity contribution in [2.75, 3.05) is 0 Å². The predicted octanol–water partition coefficient (Wildman–Crippen LogP) is 2.61. The molecule has 0 aromatic heterocycles. The maximum atomic E-state index is 10.7. The maximum Gasteiger partial charge on any atom is 0.345 e. The molecule has 4 nitrogen and oxygen atoms in total. The van der Waals surface area contributed by atoms with Gasteiger partial charge in [-0.25, -0.2) is 4.79 Å². The van der Waals surface area contributed by atoms with Crippen LogP contribution in [0, 0.1) is 5.92 Å². The van der Waals surface area contributed by atoms with Crippen LogP contribution in [0.1, 0.15) is 52.9 Å². The van der Waals surface area contributed by atoms with Gasteiger partial charge in [0, 0.05) is 6.92 Å². The van der Waals surface area contributed by atoms with Crippen molar-refractivity contribution in [2.24, 2.45) is 5.92 Å². The van der Waals surface area contributed by atoms with Crippen LogP contribution in [-0.4, -0.2) is 23.1 Å². The molecule has 0 rings (SSSR count). The molecule has 94 valence electrons. The van der Waals surface area contributed by atoms with E-state index in [9.17, 15) is 9.59 Å². The minimum absolute atomic E-state index is 0.410. The summed E-state index contributed by atoms with van der Waals surface area (Å²) in [4.78, 5) is 21.4. The first kappa shape index (κ1) is 14.9. The molecule has 0 aliphatic carbocycles. The minimum atomic E-state index is -1.06. The lowest BCUT2D eigenvalue weighted by molar-refractivity contribution is -0.163. The summed E-state index contributed by atoms with van der Waals surface area (Å²) in [6.45, 7) is 5.56. The first-order valence-corrected chi connectivity index (χ1v) is 5.83. The van der Waals surface area contributed by atoms with Crippen LogP contribution in [-0.2, 0) is 14.3 Å². The van der Waals surface area contributed by atoms with E-state index in [1.165, 1.54) is 6.92 Å². The van der Waals surface area contributed by atoms with Gasteiger partial charge < -0.3 is 9.84 Å². The third kappa shape index (κ3) is 8.26. The van der Waals surface area contributed by atoms with E-state index in [4.69, 9.17) is 9.84 Å². The van der Waals surface area contributed by atoms with Crippen LogP contribution in [0.25, 0.3) is 0 Å². The smallest absolute Gasteiger partial charge is 0.345 e. The number of esters is 1. The Balaban J connectivity index is 3.69. The summed E-state index contributed by atoms with van der Waals surface area (Å²) in [6.07, 6.45) is 3.47. The Morgan fingerprint density at radius 3 is 2.12 bits per heavy atom. The van der Waals surface area contributed by atoms with Gasteiger partial charge in [0.1, 0.15) is 0 Å². The minimum Gasteiger partial charge on any atom is -0.479 e. The zero-order valence-electron chi connectivity index (χ0n) is 10.4. The van der Waals surface area contributed by atoms with E-state index in [0.29, 0.717) is 12.3 Å². The SMILES string of the molecule is CC(=O)O[C@@H](CCCCCC(C)C)C(=O)O. The van der Waals surface area contributed by atoms with Gasteiger partial charge in [-0.3, -0.25) is 4.79 Å². The molecule has 0 spiro atoms. The van der Waals surface area contributed by atoms with Gasteiger partial charge in [0.25, 0.3) is 0 Å². The van der Waals surface area contributed by atoms with Crippen molar-refractivity contribution in [3.05, 3.63) is 0 Å². The van der Waals surface area contributed by atoms with Crippen LogP contribution in [0.2, 0.25) is 0 Å². The molecule has 16 heavy (non-hydrogen) atoms. The van der Waals surface area contributed by atoms with Crippen LogP contribution in [0.5, 0.6) is 0 Å². The fraction of sp³-hybridized carbons (Fsp3) is 0.833. The van der Waals surface area contributed by atoms with Gasteiger partial charge in [0.2, 0.25) is 0 Å². The average Bonchev–Trinajstić information content (AvgIpc) is 2.14. The number of carboxylic acid groups (broad SMARTS) is 1. The summed E-state index contributed by atoms with van der Waals surface area (Å²) in [5.41, 5.74) is 0. The molecule has 4 heteroatoms. The van der Waals surface area contributed by atoms with Gasteiger partial charge in [-0.05, 0) is 18.8 Å². The van der Waals surface area contributed by atoms with E-state index in [1.807, 2.05) is 0 Å². The number of carbonyl (C=O) groups is 2. The number of hydrogen-bond donors (Lipinski definition) is 1. The summed E-state index contributed by atoms with van der Waals surface area (Å²) < 4.78 is 4.70. The fourth-order valence-corrected chi connectivity index (χ4v) is 1.49. The van der Waals surface area contributed by atoms with Crippen molar-refractivity contribution >= 4 is 11.9 Å². The van der Waals surface area contributed by atoms with Crippen LogP contribution < -0.4 is 0 Å². The van der Waals surface area contributed by atoms with E-state index >= 15 is 0 Å². The third-order valence-electron chi connectivity index (χ3n) is 2.33. The third-order valence-corrected chi connectivity index (χ3v) is 2.33. The van der Waals surface area contributed by atoms with Gasteiger partial charge in [0.05, 0.1) is 0 Å². The Morgan fingerprint density at radius 1 is 1.12 bits per heavy atom. The summed E-state index contributed by atoms with van der Waals surface area (Å²) in [7, 11) is 0. The molecular formula is C12H22O4. The Morgan fingerprint density at radius 2 is 1.69 bits per heavy atom. The second kappa shape index (κ2) is 8.13. The molecule has 1 atom stereocenters. The highest BCUT2D eigenvalue weighted by atomic mass is 16.6. The van der Waals surface area contributed by atoms with Gasteiger partial charge in [-0.15, -0.1) is 0 Å². The fourth-order valence-electron chi connectivity index (χ4n) is 1.49. The molecule has 0 aliphatic rings. The molecule has 0 aliphatic heterocycles. The largest absolute Gasteiger partial charge is 0.479 e. The molecule has 0 amide bonds. The Labute approximate surface area is 97.0 Å². The van der Waals surface area contributed by atoms with E-state index in [2.05, 4.69) is 13.8 Å². The molecule has 0 bridgehead atoms. The lowest BCUT2D eigenvalue weighted by atomic mass is 10.0. The summed E-state index contributed by atoms with van der Waals surface area (Å²) in [5.74, 6) is -0.905. The first-order chi connectivity index (χ1) is 7.43. The normalized spacial score (nSPS) is 12.5. The van der Waals surface area contributed by atoms with Crippen molar-refractivity contribution in [3.63, 3.8) is 0 Å². The molecule has 0 saturated carbocycles. The van der Waals surface area contributed by atoms with Crippen molar-refractivity contribution in [2.45, 2.75) is 59.0 Å². The van der Waals surface area contributed by atoms with Crippen LogP contribution in [0.15, 0.2) is 0 Å². The highest BCUT2D eigenvalue weighted by Gasteiger charge is 2.19. The second-order valence-corrected chi connectivity index (χ2v) is 4.47. The zero-order chi connectivity index (χ0) is 12.6. The number of aliphatic carboxylic acids is 1. The number of carboxylic acids is 1. The molecule has 0 aromatic rings.